The third-order valence-electron chi connectivity index (χ3n) is 4.99. The fourth-order valence-corrected chi connectivity index (χ4v) is 3.44. The molecular formula is C23H24N4O4. The lowest BCUT2D eigenvalue weighted by Crippen LogP contribution is -2.51. The number of piperazine rings is 1. The molecule has 0 spiro atoms. The van der Waals surface area contributed by atoms with Crippen LogP contribution in [0.15, 0.2) is 60.7 Å². The van der Waals surface area contributed by atoms with Crippen LogP contribution in [0, 0.1) is 0 Å². The van der Waals surface area contributed by atoms with Crippen LogP contribution < -0.4 is 5.48 Å². The van der Waals surface area contributed by atoms with Gasteiger partial charge in [0, 0.05) is 38.7 Å². The molecule has 0 aliphatic carbocycles. The summed E-state index contributed by atoms with van der Waals surface area (Å²) in [6.45, 7) is 2.89. The van der Waals surface area contributed by atoms with Crippen molar-refractivity contribution in [2.45, 2.75) is 13.0 Å². The second kappa shape index (κ2) is 10.3. The molecule has 1 aromatic carbocycles. The van der Waals surface area contributed by atoms with Gasteiger partial charge in [0.15, 0.2) is 0 Å². The van der Waals surface area contributed by atoms with Crippen LogP contribution in [-0.4, -0.2) is 57.3 Å². The molecule has 0 saturated carbocycles. The fourth-order valence-electron chi connectivity index (χ4n) is 3.44. The number of rotatable bonds is 5. The Bertz CT molecular complexity index is 1000. The summed E-state index contributed by atoms with van der Waals surface area (Å²) in [5.41, 5.74) is 3.57. The highest BCUT2D eigenvalue weighted by Gasteiger charge is 2.31. The van der Waals surface area contributed by atoms with Crippen molar-refractivity contribution in [3.63, 3.8) is 0 Å². The maximum atomic E-state index is 12.8. The first-order valence-corrected chi connectivity index (χ1v) is 9.86. The van der Waals surface area contributed by atoms with E-state index in [2.05, 4.69) is 4.98 Å². The molecule has 0 radical (unpaired) electrons. The van der Waals surface area contributed by atoms with Crippen LogP contribution in [0.3, 0.4) is 0 Å². The van der Waals surface area contributed by atoms with Gasteiger partial charge >= 0.3 is 0 Å². The first kappa shape index (κ1) is 21.9. The normalized spacial score (nSPS) is 16.6. The Kier molecular flexibility index (Phi) is 7.29. The summed E-state index contributed by atoms with van der Waals surface area (Å²) >= 11 is 0. The maximum Gasteiger partial charge on any atom is 0.267 e. The Morgan fingerprint density at radius 1 is 1.00 bits per heavy atom. The SMILES string of the molecule is CC(=O)N1CCN(C(=O)/C=C/c2cccc(/C=C/C(=O)NO)n2)CC1c1ccccc1. The van der Waals surface area contributed by atoms with Gasteiger partial charge in [0.2, 0.25) is 11.8 Å². The number of hydrogen-bond acceptors (Lipinski definition) is 5. The van der Waals surface area contributed by atoms with Crippen molar-refractivity contribution in [3.8, 4) is 0 Å². The monoisotopic (exact) mass is 420 g/mol. The van der Waals surface area contributed by atoms with Gasteiger partial charge in [-0.25, -0.2) is 10.5 Å². The number of nitrogens with one attached hydrogen (secondary N) is 1. The molecule has 160 valence electrons. The number of amides is 3. The van der Waals surface area contributed by atoms with Crippen molar-refractivity contribution in [2.75, 3.05) is 19.6 Å². The summed E-state index contributed by atoms with van der Waals surface area (Å²) in [5, 5.41) is 8.53. The standard InChI is InChI=1S/C23H24N4O4/c1-17(28)27-15-14-26(16-21(27)18-6-3-2-4-7-18)23(30)13-11-20-9-5-8-19(24-20)10-12-22(29)25-31/h2-13,21,31H,14-16H2,1H3,(H,25,29)/b12-10+,13-11+. The minimum atomic E-state index is -0.657. The summed E-state index contributed by atoms with van der Waals surface area (Å²) in [6.07, 6.45) is 5.68. The van der Waals surface area contributed by atoms with E-state index in [1.54, 1.807) is 41.0 Å². The molecule has 1 unspecified atom stereocenters. The molecule has 1 atom stereocenters. The van der Waals surface area contributed by atoms with Crippen molar-refractivity contribution in [1.82, 2.24) is 20.3 Å². The fraction of sp³-hybridized carbons (Fsp3) is 0.217. The molecule has 3 amide bonds. The summed E-state index contributed by atoms with van der Waals surface area (Å²) in [6, 6.07) is 14.7. The van der Waals surface area contributed by atoms with Gasteiger partial charge in [-0.2, -0.15) is 0 Å². The zero-order valence-electron chi connectivity index (χ0n) is 17.1. The zero-order valence-corrected chi connectivity index (χ0v) is 17.1. The molecule has 1 aromatic heterocycles. The van der Waals surface area contributed by atoms with E-state index in [-0.39, 0.29) is 17.9 Å². The van der Waals surface area contributed by atoms with E-state index >= 15 is 0 Å². The van der Waals surface area contributed by atoms with Gasteiger partial charge in [0.05, 0.1) is 17.4 Å². The number of carbonyl (C=O) groups is 3. The van der Waals surface area contributed by atoms with Gasteiger partial charge in [0.1, 0.15) is 0 Å². The highest BCUT2D eigenvalue weighted by atomic mass is 16.5. The molecule has 1 aliphatic heterocycles. The second-order valence-electron chi connectivity index (χ2n) is 7.05. The van der Waals surface area contributed by atoms with Gasteiger partial charge in [-0.15, -0.1) is 0 Å². The van der Waals surface area contributed by atoms with Gasteiger partial charge in [0.25, 0.3) is 5.91 Å². The largest absolute Gasteiger partial charge is 0.335 e. The van der Waals surface area contributed by atoms with Crippen LogP contribution in [0.25, 0.3) is 12.2 Å². The number of benzene rings is 1. The number of hydroxylamine groups is 1. The number of nitrogens with zero attached hydrogens (tertiary/aromatic N) is 3. The number of pyridine rings is 1. The van der Waals surface area contributed by atoms with E-state index in [0.29, 0.717) is 31.0 Å². The van der Waals surface area contributed by atoms with Gasteiger partial charge in [-0.3, -0.25) is 19.6 Å². The summed E-state index contributed by atoms with van der Waals surface area (Å²) < 4.78 is 0. The summed E-state index contributed by atoms with van der Waals surface area (Å²) in [5.74, 6) is -0.831. The molecule has 2 aromatic rings. The van der Waals surface area contributed by atoms with Crippen molar-refractivity contribution >= 4 is 29.9 Å². The third-order valence-corrected chi connectivity index (χ3v) is 4.99. The van der Waals surface area contributed by atoms with E-state index < -0.39 is 5.91 Å². The highest BCUT2D eigenvalue weighted by Crippen LogP contribution is 2.25. The van der Waals surface area contributed by atoms with Crippen molar-refractivity contribution in [1.29, 1.82) is 0 Å². The van der Waals surface area contributed by atoms with E-state index in [9.17, 15) is 14.4 Å². The molecule has 31 heavy (non-hydrogen) atoms. The van der Waals surface area contributed by atoms with Gasteiger partial charge in [-0.1, -0.05) is 36.4 Å². The Balaban J connectivity index is 1.70. The topological polar surface area (TPSA) is 103 Å². The summed E-state index contributed by atoms with van der Waals surface area (Å²) in [7, 11) is 0. The molecule has 1 aliphatic rings. The Morgan fingerprint density at radius 2 is 1.68 bits per heavy atom. The Morgan fingerprint density at radius 3 is 2.32 bits per heavy atom. The van der Waals surface area contributed by atoms with E-state index in [4.69, 9.17) is 5.21 Å². The first-order valence-electron chi connectivity index (χ1n) is 9.86. The molecule has 8 heteroatoms. The quantitative estimate of drug-likeness (QED) is 0.438. The molecule has 8 nitrogen and oxygen atoms in total. The van der Waals surface area contributed by atoms with Crippen LogP contribution in [-0.2, 0) is 14.4 Å². The molecule has 0 bridgehead atoms. The summed E-state index contributed by atoms with van der Waals surface area (Å²) in [4.78, 5) is 43.8. The van der Waals surface area contributed by atoms with Crippen LogP contribution in [0.4, 0.5) is 0 Å². The lowest BCUT2D eigenvalue weighted by molar-refractivity contribution is -0.139. The average molecular weight is 420 g/mol. The predicted molar refractivity (Wildman–Crippen MR) is 115 cm³/mol. The predicted octanol–water partition coefficient (Wildman–Crippen LogP) is 2.05. The smallest absolute Gasteiger partial charge is 0.267 e. The van der Waals surface area contributed by atoms with Crippen LogP contribution >= 0.6 is 0 Å². The molecular weight excluding hydrogens is 396 g/mol. The van der Waals surface area contributed by atoms with Gasteiger partial charge in [-0.05, 0) is 29.8 Å². The molecule has 1 fully saturated rings. The number of aromatic nitrogens is 1. The van der Waals surface area contributed by atoms with E-state index in [1.807, 2.05) is 30.3 Å². The number of hydrogen-bond donors (Lipinski definition) is 2. The second-order valence-corrected chi connectivity index (χ2v) is 7.05. The van der Waals surface area contributed by atoms with Crippen molar-refractivity contribution in [3.05, 3.63) is 77.6 Å². The van der Waals surface area contributed by atoms with E-state index in [0.717, 1.165) is 11.6 Å². The highest BCUT2D eigenvalue weighted by molar-refractivity contribution is 5.92. The average Bonchev–Trinajstić information content (AvgIpc) is 2.81. The van der Waals surface area contributed by atoms with Crippen LogP contribution in [0.1, 0.15) is 29.9 Å². The Hall–Kier alpha value is -3.78. The lowest BCUT2D eigenvalue weighted by Gasteiger charge is -2.41. The minimum Gasteiger partial charge on any atom is -0.335 e. The third kappa shape index (κ3) is 5.86. The van der Waals surface area contributed by atoms with Crippen molar-refractivity contribution < 1.29 is 19.6 Å². The van der Waals surface area contributed by atoms with E-state index in [1.165, 1.54) is 17.6 Å². The number of carbonyl (C=O) groups excluding carboxylic acids is 3. The lowest BCUT2D eigenvalue weighted by atomic mass is 10.0. The maximum absolute atomic E-state index is 12.8. The van der Waals surface area contributed by atoms with Crippen LogP contribution in [0.5, 0.6) is 0 Å². The van der Waals surface area contributed by atoms with Crippen molar-refractivity contribution in [2.24, 2.45) is 0 Å². The first-order chi connectivity index (χ1) is 15.0. The van der Waals surface area contributed by atoms with Crippen LogP contribution in [0.2, 0.25) is 0 Å². The minimum absolute atomic E-state index is 0.0135. The molecule has 1 saturated heterocycles. The molecule has 2 heterocycles. The zero-order chi connectivity index (χ0) is 22.2. The van der Waals surface area contributed by atoms with Gasteiger partial charge < -0.3 is 9.80 Å². The molecule has 3 rings (SSSR count). The molecule has 2 N–H and O–H groups in total. The Labute approximate surface area is 180 Å².